The highest BCUT2D eigenvalue weighted by Gasteiger charge is 2.14. The van der Waals surface area contributed by atoms with Gasteiger partial charge in [-0.3, -0.25) is 0 Å². The summed E-state index contributed by atoms with van der Waals surface area (Å²) in [4.78, 5) is 0. The van der Waals surface area contributed by atoms with Gasteiger partial charge in [-0.25, -0.2) is 13.2 Å². The standard InChI is InChI=1S/C14H12F3N/c15-10-6-4-9(5-7-10)8-13(18)11-2-1-3-12(16)14(11)17/h1-7,13H,8,18H2. The van der Waals surface area contributed by atoms with Crippen LogP contribution in [0, 0.1) is 17.5 Å². The van der Waals surface area contributed by atoms with Crippen molar-refractivity contribution < 1.29 is 13.2 Å². The molecule has 1 atom stereocenters. The molecular formula is C14H12F3N. The quantitative estimate of drug-likeness (QED) is 0.889. The van der Waals surface area contributed by atoms with Crippen LogP contribution in [0.5, 0.6) is 0 Å². The molecule has 0 radical (unpaired) electrons. The fraction of sp³-hybridized carbons (Fsp3) is 0.143. The second-order valence-corrected chi connectivity index (χ2v) is 4.08. The molecule has 0 aliphatic carbocycles. The molecule has 0 amide bonds. The lowest BCUT2D eigenvalue weighted by Gasteiger charge is -2.13. The van der Waals surface area contributed by atoms with Crippen LogP contribution in [0.1, 0.15) is 17.2 Å². The zero-order valence-corrected chi connectivity index (χ0v) is 9.54. The third kappa shape index (κ3) is 2.71. The van der Waals surface area contributed by atoms with E-state index in [4.69, 9.17) is 5.73 Å². The number of benzene rings is 2. The summed E-state index contributed by atoms with van der Waals surface area (Å²) in [6.07, 6.45) is 0.320. The van der Waals surface area contributed by atoms with Crippen LogP contribution in [0.4, 0.5) is 13.2 Å². The van der Waals surface area contributed by atoms with Crippen molar-refractivity contribution in [2.75, 3.05) is 0 Å². The van der Waals surface area contributed by atoms with E-state index >= 15 is 0 Å². The Balaban J connectivity index is 2.19. The molecule has 2 rings (SSSR count). The average Bonchev–Trinajstić information content (AvgIpc) is 2.35. The van der Waals surface area contributed by atoms with Gasteiger partial charge >= 0.3 is 0 Å². The van der Waals surface area contributed by atoms with Crippen LogP contribution in [0.3, 0.4) is 0 Å². The summed E-state index contributed by atoms with van der Waals surface area (Å²) < 4.78 is 39.3. The highest BCUT2D eigenvalue weighted by atomic mass is 19.2. The summed E-state index contributed by atoms with van der Waals surface area (Å²) >= 11 is 0. The van der Waals surface area contributed by atoms with Crippen LogP contribution in [0.2, 0.25) is 0 Å². The summed E-state index contributed by atoms with van der Waals surface area (Å²) in [5.41, 5.74) is 6.73. The van der Waals surface area contributed by atoms with E-state index in [-0.39, 0.29) is 11.4 Å². The first-order valence-electron chi connectivity index (χ1n) is 5.52. The number of rotatable bonds is 3. The summed E-state index contributed by atoms with van der Waals surface area (Å²) in [5, 5.41) is 0. The molecule has 0 aliphatic rings. The molecule has 2 aromatic carbocycles. The Labute approximate surface area is 103 Å². The monoisotopic (exact) mass is 251 g/mol. The number of nitrogens with two attached hydrogens (primary N) is 1. The fourth-order valence-corrected chi connectivity index (χ4v) is 1.79. The lowest BCUT2D eigenvalue weighted by molar-refractivity contribution is 0.488. The smallest absolute Gasteiger partial charge is 0.163 e. The second-order valence-electron chi connectivity index (χ2n) is 4.08. The predicted octanol–water partition coefficient (Wildman–Crippen LogP) is 3.35. The molecule has 0 saturated heterocycles. The maximum absolute atomic E-state index is 13.5. The maximum Gasteiger partial charge on any atom is 0.163 e. The summed E-state index contributed by atoms with van der Waals surface area (Å²) in [5.74, 6) is -2.18. The van der Waals surface area contributed by atoms with Crippen molar-refractivity contribution in [2.45, 2.75) is 12.5 Å². The first-order valence-corrected chi connectivity index (χ1v) is 5.52. The van der Waals surface area contributed by atoms with Gasteiger partial charge < -0.3 is 5.73 Å². The highest BCUT2D eigenvalue weighted by Crippen LogP contribution is 2.21. The number of halogens is 3. The minimum atomic E-state index is -0.924. The van der Waals surface area contributed by atoms with Crippen LogP contribution in [0.25, 0.3) is 0 Å². The van der Waals surface area contributed by atoms with Crippen molar-refractivity contribution >= 4 is 0 Å². The molecule has 1 unspecified atom stereocenters. The molecule has 0 bridgehead atoms. The molecule has 0 aromatic heterocycles. The molecule has 4 heteroatoms. The molecule has 0 saturated carbocycles. The highest BCUT2D eigenvalue weighted by molar-refractivity contribution is 5.25. The Kier molecular flexibility index (Phi) is 3.67. The van der Waals surface area contributed by atoms with Gasteiger partial charge in [0, 0.05) is 11.6 Å². The predicted molar refractivity (Wildman–Crippen MR) is 63.4 cm³/mol. The Bertz CT molecular complexity index is 537. The van der Waals surface area contributed by atoms with Gasteiger partial charge in [-0.15, -0.1) is 0 Å². The normalized spacial score (nSPS) is 12.4. The van der Waals surface area contributed by atoms with Crippen molar-refractivity contribution in [3.05, 3.63) is 71.0 Å². The Morgan fingerprint density at radius 3 is 2.28 bits per heavy atom. The van der Waals surface area contributed by atoms with Crippen LogP contribution < -0.4 is 5.73 Å². The second kappa shape index (κ2) is 5.23. The zero-order valence-electron chi connectivity index (χ0n) is 9.54. The summed E-state index contributed by atoms with van der Waals surface area (Å²) in [7, 11) is 0. The lowest BCUT2D eigenvalue weighted by Crippen LogP contribution is -2.15. The molecule has 0 aliphatic heterocycles. The molecular weight excluding hydrogens is 239 g/mol. The van der Waals surface area contributed by atoms with Crippen molar-refractivity contribution in [3.63, 3.8) is 0 Å². The SMILES string of the molecule is NC(Cc1ccc(F)cc1)c1cccc(F)c1F. The third-order valence-corrected chi connectivity index (χ3v) is 2.75. The molecule has 94 valence electrons. The zero-order chi connectivity index (χ0) is 13.1. The van der Waals surface area contributed by atoms with Gasteiger partial charge in [-0.1, -0.05) is 24.3 Å². The number of hydrogen-bond donors (Lipinski definition) is 1. The molecule has 18 heavy (non-hydrogen) atoms. The molecule has 2 aromatic rings. The van der Waals surface area contributed by atoms with Crippen LogP contribution in [-0.2, 0) is 6.42 Å². The largest absolute Gasteiger partial charge is 0.324 e. The van der Waals surface area contributed by atoms with Gasteiger partial charge in [0.1, 0.15) is 5.82 Å². The Morgan fingerprint density at radius 1 is 0.944 bits per heavy atom. The number of hydrogen-bond acceptors (Lipinski definition) is 1. The van der Waals surface area contributed by atoms with Gasteiger partial charge in [0.2, 0.25) is 0 Å². The topological polar surface area (TPSA) is 26.0 Å². The van der Waals surface area contributed by atoms with Crippen molar-refractivity contribution in [3.8, 4) is 0 Å². The maximum atomic E-state index is 13.5. The van der Waals surface area contributed by atoms with Gasteiger partial charge in [0.25, 0.3) is 0 Å². The average molecular weight is 251 g/mol. The van der Waals surface area contributed by atoms with Crippen LogP contribution in [-0.4, -0.2) is 0 Å². The van der Waals surface area contributed by atoms with Crippen molar-refractivity contribution in [1.82, 2.24) is 0 Å². The summed E-state index contributed by atoms with van der Waals surface area (Å²) in [6.45, 7) is 0. The van der Waals surface area contributed by atoms with E-state index in [0.29, 0.717) is 6.42 Å². The lowest BCUT2D eigenvalue weighted by atomic mass is 9.99. The first kappa shape index (κ1) is 12.6. The third-order valence-electron chi connectivity index (χ3n) is 2.75. The van der Waals surface area contributed by atoms with E-state index in [1.54, 1.807) is 12.1 Å². The van der Waals surface area contributed by atoms with E-state index in [2.05, 4.69) is 0 Å². The minimum Gasteiger partial charge on any atom is -0.324 e. The van der Waals surface area contributed by atoms with Crippen LogP contribution in [0.15, 0.2) is 42.5 Å². The van der Waals surface area contributed by atoms with Gasteiger partial charge in [-0.2, -0.15) is 0 Å². The molecule has 1 nitrogen and oxygen atoms in total. The molecule has 0 spiro atoms. The van der Waals surface area contributed by atoms with E-state index in [1.807, 2.05) is 0 Å². The van der Waals surface area contributed by atoms with E-state index in [0.717, 1.165) is 11.6 Å². The van der Waals surface area contributed by atoms with Crippen molar-refractivity contribution in [2.24, 2.45) is 5.73 Å². The fourth-order valence-electron chi connectivity index (χ4n) is 1.79. The summed E-state index contributed by atoms with van der Waals surface area (Å²) in [6, 6.07) is 9.02. The molecule has 0 heterocycles. The van der Waals surface area contributed by atoms with Gasteiger partial charge in [-0.05, 0) is 30.2 Å². The van der Waals surface area contributed by atoms with E-state index in [9.17, 15) is 13.2 Å². The minimum absolute atomic E-state index is 0.124. The van der Waals surface area contributed by atoms with Gasteiger partial charge in [0.05, 0.1) is 0 Å². The Morgan fingerprint density at radius 2 is 1.61 bits per heavy atom. The molecule has 2 N–H and O–H groups in total. The van der Waals surface area contributed by atoms with Crippen LogP contribution >= 0.6 is 0 Å². The van der Waals surface area contributed by atoms with Crippen molar-refractivity contribution in [1.29, 1.82) is 0 Å². The Hall–Kier alpha value is -1.81. The van der Waals surface area contributed by atoms with E-state index in [1.165, 1.54) is 24.3 Å². The molecule has 0 fully saturated rings. The van der Waals surface area contributed by atoms with Gasteiger partial charge in [0.15, 0.2) is 11.6 Å². The van der Waals surface area contributed by atoms with E-state index < -0.39 is 17.7 Å². The first-order chi connectivity index (χ1) is 8.58.